The van der Waals surface area contributed by atoms with Crippen molar-refractivity contribution >= 4 is 0 Å². The van der Waals surface area contributed by atoms with Crippen LogP contribution in [0.15, 0.2) is 0 Å². The Morgan fingerprint density at radius 3 is 1.93 bits per heavy atom. The van der Waals surface area contributed by atoms with Crippen molar-refractivity contribution in [2.75, 3.05) is 0 Å². The summed E-state index contributed by atoms with van der Waals surface area (Å²) in [7, 11) is 0. The second kappa shape index (κ2) is 3.87. The molecule has 0 aromatic rings. The molecule has 0 N–H and O–H groups in total. The van der Waals surface area contributed by atoms with Crippen LogP contribution in [0.2, 0.25) is 0 Å². The predicted molar refractivity (Wildman–Crippen MR) is 62.1 cm³/mol. The summed E-state index contributed by atoms with van der Waals surface area (Å²) in [4.78, 5) is 0. The fourth-order valence-corrected chi connectivity index (χ4v) is 4.03. The molecule has 2 aliphatic carbocycles. The maximum Gasteiger partial charge on any atom is -0.0355 e. The molecule has 0 nitrogen and oxygen atoms in total. The molecule has 2 aliphatic rings. The van der Waals surface area contributed by atoms with Crippen molar-refractivity contribution in [1.82, 2.24) is 0 Å². The first-order valence-electron chi connectivity index (χ1n) is 6.65. The standard InChI is InChI=1S/C14H26/c1-5-9(2)8-14-10(3)12-6-7-13(12)11(14)4/h9-14H,5-8H2,1-4H3. The summed E-state index contributed by atoms with van der Waals surface area (Å²) in [6.45, 7) is 9.81. The highest BCUT2D eigenvalue weighted by Crippen LogP contribution is 2.57. The summed E-state index contributed by atoms with van der Waals surface area (Å²) in [6, 6.07) is 0. The lowest BCUT2D eigenvalue weighted by molar-refractivity contribution is 0.154. The van der Waals surface area contributed by atoms with Crippen molar-refractivity contribution in [1.29, 1.82) is 0 Å². The van der Waals surface area contributed by atoms with Gasteiger partial charge in [-0.15, -0.1) is 0 Å². The molecule has 0 heteroatoms. The fourth-order valence-electron chi connectivity index (χ4n) is 4.03. The van der Waals surface area contributed by atoms with Gasteiger partial charge in [-0.25, -0.2) is 0 Å². The Labute approximate surface area is 89.5 Å². The van der Waals surface area contributed by atoms with E-state index in [1.807, 2.05) is 0 Å². The van der Waals surface area contributed by atoms with Gasteiger partial charge >= 0.3 is 0 Å². The number of hydrogen-bond donors (Lipinski definition) is 0. The second-order valence-electron chi connectivity index (χ2n) is 6.04. The van der Waals surface area contributed by atoms with E-state index in [9.17, 15) is 0 Å². The van der Waals surface area contributed by atoms with Crippen molar-refractivity contribution in [3.05, 3.63) is 0 Å². The zero-order valence-electron chi connectivity index (χ0n) is 10.3. The highest BCUT2D eigenvalue weighted by molar-refractivity contribution is 4.99. The van der Waals surface area contributed by atoms with Gasteiger partial charge in [-0.1, -0.05) is 34.1 Å². The molecule has 0 amide bonds. The van der Waals surface area contributed by atoms with Gasteiger partial charge < -0.3 is 0 Å². The first kappa shape index (κ1) is 10.5. The van der Waals surface area contributed by atoms with Crippen molar-refractivity contribution < 1.29 is 0 Å². The van der Waals surface area contributed by atoms with Crippen LogP contribution in [0.25, 0.3) is 0 Å². The Morgan fingerprint density at radius 1 is 1.07 bits per heavy atom. The van der Waals surface area contributed by atoms with Gasteiger partial charge in [-0.2, -0.15) is 0 Å². The Bertz CT molecular complexity index is 180. The van der Waals surface area contributed by atoms with Gasteiger partial charge in [0.2, 0.25) is 0 Å². The number of fused-ring (bicyclic) bond motifs is 1. The van der Waals surface area contributed by atoms with E-state index < -0.39 is 0 Å². The minimum atomic E-state index is 0.947. The molecule has 2 rings (SSSR count). The van der Waals surface area contributed by atoms with Crippen LogP contribution in [0.1, 0.15) is 53.4 Å². The topological polar surface area (TPSA) is 0 Å². The lowest BCUT2D eigenvalue weighted by Gasteiger charge is -2.34. The van der Waals surface area contributed by atoms with Crippen LogP contribution in [-0.4, -0.2) is 0 Å². The predicted octanol–water partition coefficient (Wildman–Crippen LogP) is 4.35. The molecule has 0 aromatic heterocycles. The summed E-state index contributed by atoms with van der Waals surface area (Å²) in [5, 5.41) is 0. The lowest BCUT2D eigenvalue weighted by atomic mass is 9.71. The smallest absolute Gasteiger partial charge is 0.0355 e. The van der Waals surface area contributed by atoms with Crippen molar-refractivity contribution in [3.63, 3.8) is 0 Å². The van der Waals surface area contributed by atoms with Crippen LogP contribution in [-0.2, 0) is 0 Å². The van der Waals surface area contributed by atoms with Crippen molar-refractivity contribution in [2.24, 2.45) is 35.5 Å². The van der Waals surface area contributed by atoms with Gasteiger partial charge in [-0.3, -0.25) is 0 Å². The first-order valence-corrected chi connectivity index (χ1v) is 6.65. The molecular formula is C14H26. The highest BCUT2D eigenvalue weighted by atomic mass is 14.5. The molecule has 0 radical (unpaired) electrons. The molecule has 14 heavy (non-hydrogen) atoms. The van der Waals surface area contributed by atoms with Crippen LogP contribution in [0.3, 0.4) is 0 Å². The average molecular weight is 194 g/mol. The maximum absolute atomic E-state index is 2.52. The fraction of sp³-hybridized carbons (Fsp3) is 1.00. The summed E-state index contributed by atoms with van der Waals surface area (Å²) in [5.74, 6) is 6.26. The third-order valence-electron chi connectivity index (χ3n) is 5.46. The van der Waals surface area contributed by atoms with Gasteiger partial charge in [0, 0.05) is 0 Å². The summed E-state index contributed by atoms with van der Waals surface area (Å²) in [6.07, 6.45) is 5.93. The van der Waals surface area contributed by atoms with E-state index in [4.69, 9.17) is 0 Å². The van der Waals surface area contributed by atoms with Gasteiger partial charge in [0.05, 0.1) is 0 Å². The second-order valence-corrected chi connectivity index (χ2v) is 6.04. The molecule has 5 unspecified atom stereocenters. The third-order valence-corrected chi connectivity index (χ3v) is 5.46. The molecule has 0 spiro atoms. The molecule has 2 fully saturated rings. The van der Waals surface area contributed by atoms with E-state index in [1.54, 1.807) is 0 Å². The normalized spacial score (nSPS) is 48.4. The van der Waals surface area contributed by atoms with E-state index >= 15 is 0 Å². The Morgan fingerprint density at radius 2 is 1.57 bits per heavy atom. The minimum Gasteiger partial charge on any atom is -0.0651 e. The van der Waals surface area contributed by atoms with Gasteiger partial charge in [0.1, 0.15) is 0 Å². The summed E-state index contributed by atoms with van der Waals surface area (Å²) >= 11 is 0. The van der Waals surface area contributed by atoms with E-state index in [-0.39, 0.29) is 0 Å². The number of hydrogen-bond acceptors (Lipinski definition) is 0. The first-order chi connectivity index (χ1) is 6.65. The Kier molecular flexibility index (Phi) is 2.91. The summed E-state index contributed by atoms with van der Waals surface area (Å²) in [5.41, 5.74) is 0. The van der Waals surface area contributed by atoms with Crippen molar-refractivity contribution in [2.45, 2.75) is 53.4 Å². The average Bonchev–Trinajstić information content (AvgIpc) is 2.24. The maximum atomic E-state index is 2.52. The van der Waals surface area contributed by atoms with Crippen LogP contribution >= 0.6 is 0 Å². The molecule has 2 saturated carbocycles. The largest absolute Gasteiger partial charge is 0.0651 e. The van der Waals surface area contributed by atoms with Crippen LogP contribution in [0.4, 0.5) is 0 Å². The van der Waals surface area contributed by atoms with Gasteiger partial charge in [-0.05, 0) is 54.8 Å². The van der Waals surface area contributed by atoms with Crippen LogP contribution in [0, 0.1) is 35.5 Å². The van der Waals surface area contributed by atoms with E-state index in [0.717, 1.165) is 35.5 Å². The Hall–Kier alpha value is 0. The van der Waals surface area contributed by atoms with Crippen LogP contribution in [0.5, 0.6) is 0 Å². The van der Waals surface area contributed by atoms with Crippen molar-refractivity contribution in [3.8, 4) is 0 Å². The molecule has 0 bridgehead atoms. The molecule has 0 heterocycles. The quantitative estimate of drug-likeness (QED) is 0.626. The Balaban J connectivity index is 1.97. The zero-order valence-corrected chi connectivity index (χ0v) is 10.3. The van der Waals surface area contributed by atoms with E-state index in [0.29, 0.717) is 0 Å². The molecule has 0 saturated heterocycles. The summed E-state index contributed by atoms with van der Waals surface area (Å²) < 4.78 is 0. The van der Waals surface area contributed by atoms with Crippen LogP contribution < -0.4 is 0 Å². The third kappa shape index (κ3) is 1.51. The lowest BCUT2D eigenvalue weighted by Crippen LogP contribution is -2.26. The molecular weight excluding hydrogens is 168 g/mol. The monoisotopic (exact) mass is 194 g/mol. The van der Waals surface area contributed by atoms with E-state index in [2.05, 4.69) is 27.7 Å². The van der Waals surface area contributed by atoms with E-state index in [1.165, 1.54) is 25.7 Å². The zero-order chi connectivity index (χ0) is 10.3. The molecule has 0 aromatic carbocycles. The van der Waals surface area contributed by atoms with Gasteiger partial charge in [0.15, 0.2) is 0 Å². The number of rotatable bonds is 3. The molecule has 5 atom stereocenters. The molecule has 0 aliphatic heterocycles. The minimum absolute atomic E-state index is 0.947. The highest BCUT2D eigenvalue weighted by Gasteiger charge is 2.50. The van der Waals surface area contributed by atoms with Gasteiger partial charge in [0.25, 0.3) is 0 Å². The molecule has 82 valence electrons. The SMILES string of the molecule is CCC(C)CC1C(C)C2CCC2C1C.